The van der Waals surface area contributed by atoms with Gasteiger partial charge in [-0.05, 0) is 43.6 Å². The van der Waals surface area contributed by atoms with Crippen LogP contribution < -0.4 is 10.6 Å². The molecule has 1 aromatic carbocycles. The van der Waals surface area contributed by atoms with Crippen LogP contribution in [0.4, 0.5) is 5.00 Å². The Bertz CT molecular complexity index is 726. The van der Waals surface area contributed by atoms with E-state index >= 15 is 0 Å². The van der Waals surface area contributed by atoms with Crippen molar-refractivity contribution in [2.45, 2.75) is 33.2 Å². The van der Waals surface area contributed by atoms with Gasteiger partial charge in [-0.3, -0.25) is 0 Å². The molecule has 128 valence electrons. The summed E-state index contributed by atoms with van der Waals surface area (Å²) in [6, 6.07) is 10.3. The highest BCUT2D eigenvalue weighted by molar-refractivity contribution is 7.80. The van der Waals surface area contributed by atoms with Crippen molar-refractivity contribution in [3.63, 3.8) is 0 Å². The van der Waals surface area contributed by atoms with Gasteiger partial charge in [0, 0.05) is 4.88 Å². The molecule has 1 heterocycles. The summed E-state index contributed by atoms with van der Waals surface area (Å²) < 4.78 is 4.89. The Morgan fingerprint density at radius 2 is 1.96 bits per heavy atom. The minimum atomic E-state index is -0.350. The highest BCUT2D eigenvalue weighted by Gasteiger charge is 2.21. The van der Waals surface area contributed by atoms with Crippen molar-refractivity contribution < 1.29 is 9.53 Å². The van der Waals surface area contributed by atoms with Crippen molar-refractivity contribution in [2.24, 2.45) is 0 Å². The van der Waals surface area contributed by atoms with Gasteiger partial charge in [-0.2, -0.15) is 0 Å². The van der Waals surface area contributed by atoms with Gasteiger partial charge in [0.25, 0.3) is 0 Å². The number of hydrogen-bond acceptors (Lipinski definition) is 4. The number of ether oxygens (including phenoxy) is 1. The molecule has 1 aromatic heterocycles. The van der Waals surface area contributed by atoms with Crippen LogP contribution in [-0.2, 0) is 4.74 Å². The molecular formula is C18H22N2O2S2. The molecule has 0 saturated carbocycles. The Morgan fingerprint density at radius 1 is 1.29 bits per heavy atom. The van der Waals surface area contributed by atoms with Gasteiger partial charge in [-0.15, -0.1) is 11.3 Å². The van der Waals surface area contributed by atoms with Crippen molar-refractivity contribution in [3.8, 4) is 0 Å². The van der Waals surface area contributed by atoms with Crippen molar-refractivity contribution in [3.05, 3.63) is 51.9 Å². The molecule has 2 N–H and O–H groups in total. The first kappa shape index (κ1) is 18.4. The molecule has 6 heteroatoms. The molecule has 0 radical (unpaired) electrons. The third-order valence-electron chi connectivity index (χ3n) is 3.92. The van der Waals surface area contributed by atoms with E-state index in [1.54, 1.807) is 0 Å². The molecule has 24 heavy (non-hydrogen) atoms. The molecule has 4 nitrogen and oxygen atoms in total. The lowest BCUT2D eigenvalue weighted by Gasteiger charge is -2.20. The van der Waals surface area contributed by atoms with Gasteiger partial charge in [0.1, 0.15) is 5.00 Å². The first-order valence-corrected chi connectivity index (χ1v) is 9.01. The summed E-state index contributed by atoms with van der Waals surface area (Å²) in [4.78, 5) is 13.1. The number of esters is 1. The number of thiocarbonyl (C=S) groups is 1. The molecule has 0 fully saturated rings. The third kappa shape index (κ3) is 4.13. The zero-order valence-electron chi connectivity index (χ0n) is 14.3. The molecule has 2 rings (SSSR count). The lowest BCUT2D eigenvalue weighted by atomic mass is 10.1. The quantitative estimate of drug-likeness (QED) is 0.602. The highest BCUT2D eigenvalue weighted by Crippen LogP contribution is 2.33. The van der Waals surface area contributed by atoms with E-state index in [-0.39, 0.29) is 12.0 Å². The van der Waals surface area contributed by atoms with Crippen LogP contribution >= 0.6 is 23.6 Å². The molecule has 0 aliphatic carbocycles. The lowest BCUT2D eigenvalue weighted by molar-refractivity contribution is 0.0601. The molecular weight excluding hydrogens is 340 g/mol. The van der Waals surface area contributed by atoms with Gasteiger partial charge >= 0.3 is 5.97 Å². The van der Waals surface area contributed by atoms with Crippen LogP contribution in [0.1, 0.15) is 45.7 Å². The Hall–Kier alpha value is -1.92. The predicted molar refractivity (Wildman–Crippen MR) is 104 cm³/mol. The van der Waals surface area contributed by atoms with E-state index in [0.717, 1.165) is 21.9 Å². The average Bonchev–Trinajstić information content (AvgIpc) is 2.86. The maximum Gasteiger partial charge on any atom is 0.341 e. The summed E-state index contributed by atoms with van der Waals surface area (Å²) in [6.07, 6.45) is 0.901. The van der Waals surface area contributed by atoms with Crippen molar-refractivity contribution in [1.82, 2.24) is 5.32 Å². The molecule has 0 aliphatic heterocycles. The smallest absolute Gasteiger partial charge is 0.341 e. The van der Waals surface area contributed by atoms with Crippen LogP contribution in [-0.4, -0.2) is 18.2 Å². The van der Waals surface area contributed by atoms with Gasteiger partial charge < -0.3 is 15.4 Å². The SMILES string of the molecule is CCC(NC(=S)Nc1sc(C)c(C)c1C(=O)OC)c1ccccc1. The molecule has 0 bridgehead atoms. The number of rotatable bonds is 5. The number of anilines is 1. The van der Waals surface area contributed by atoms with Crippen molar-refractivity contribution in [1.29, 1.82) is 0 Å². The second kappa shape index (κ2) is 8.26. The van der Waals surface area contributed by atoms with Crippen molar-refractivity contribution >= 4 is 39.6 Å². The molecule has 0 saturated heterocycles. The van der Waals surface area contributed by atoms with Crippen LogP contribution in [0.25, 0.3) is 0 Å². The minimum Gasteiger partial charge on any atom is -0.465 e. The summed E-state index contributed by atoms with van der Waals surface area (Å²) >= 11 is 6.95. The number of thiophene rings is 1. The number of nitrogens with one attached hydrogen (secondary N) is 2. The van der Waals surface area contributed by atoms with Crippen LogP contribution in [0.2, 0.25) is 0 Å². The van der Waals surface area contributed by atoms with E-state index < -0.39 is 0 Å². The number of benzene rings is 1. The van der Waals surface area contributed by atoms with Gasteiger partial charge in [0.05, 0.1) is 18.7 Å². The van der Waals surface area contributed by atoms with Gasteiger partial charge in [0.2, 0.25) is 0 Å². The van der Waals surface area contributed by atoms with Crippen LogP contribution in [0.15, 0.2) is 30.3 Å². The maximum atomic E-state index is 12.0. The largest absolute Gasteiger partial charge is 0.465 e. The van der Waals surface area contributed by atoms with E-state index in [4.69, 9.17) is 17.0 Å². The molecule has 1 unspecified atom stereocenters. The number of hydrogen-bond donors (Lipinski definition) is 2. The van der Waals surface area contributed by atoms with E-state index in [9.17, 15) is 4.79 Å². The second-order valence-corrected chi connectivity index (χ2v) is 7.08. The summed E-state index contributed by atoms with van der Waals surface area (Å²) in [5.41, 5.74) is 2.65. The Kier molecular flexibility index (Phi) is 6.34. The maximum absolute atomic E-state index is 12.0. The zero-order chi connectivity index (χ0) is 17.7. The van der Waals surface area contributed by atoms with E-state index in [1.165, 1.54) is 24.0 Å². The minimum absolute atomic E-state index is 0.120. The van der Waals surface area contributed by atoms with Crippen LogP contribution in [0, 0.1) is 13.8 Å². The molecule has 2 aromatic rings. The van der Waals surface area contributed by atoms with Gasteiger partial charge in [-0.1, -0.05) is 37.3 Å². The Balaban J connectivity index is 2.15. The topological polar surface area (TPSA) is 50.4 Å². The number of carbonyl (C=O) groups is 1. The van der Waals surface area contributed by atoms with E-state index in [2.05, 4.69) is 29.7 Å². The molecule has 0 amide bonds. The highest BCUT2D eigenvalue weighted by atomic mass is 32.1. The first-order chi connectivity index (χ1) is 11.5. The Labute approximate surface area is 152 Å². The normalized spacial score (nSPS) is 11.7. The summed E-state index contributed by atoms with van der Waals surface area (Å²) in [5, 5.41) is 7.70. The fraction of sp³-hybridized carbons (Fsp3) is 0.333. The number of methoxy groups -OCH3 is 1. The fourth-order valence-electron chi connectivity index (χ4n) is 2.47. The number of aryl methyl sites for hydroxylation is 1. The molecule has 1 atom stereocenters. The standard InChI is InChI=1S/C18H22N2O2S2/c1-5-14(13-9-7-6-8-10-13)19-18(23)20-16-15(17(21)22-4)11(2)12(3)24-16/h6-10,14H,5H2,1-4H3,(H2,19,20,23). The van der Waals surface area contributed by atoms with Crippen LogP contribution in [0.5, 0.6) is 0 Å². The van der Waals surface area contributed by atoms with Gasteiger partial charge in [0.15, 0.2) is 5.11 Å². The average molecular weight is 363 g/mol. The summed E-state index contributed by atoms with van der Waals surface area (Å²) in [5.74, 6) is -0.350. The number of carbonyl (C=O) groups excluding carboxylic acids is 1. The lowest BCUT2D eigenvalue weighted by Crippen LogP contribution is -2.32. The van der Waals surface area contributed by atoms with Crippen LogP contribution in [0.3, 0.4) is 0 Å². The predicted octanol–water partition coefficient (Wildman–Crippen LogP) is 4.59. The molecule has 0 spiro atoms. The molecule has 0 aliphatic rings. The van der Waals surface area contributed by atoms with Crippen molar-refractivity contribution in [2.75, 3.05) is 12.4 Å². The fourth-order valence-corrected chi connectivity index (χ4v) is 3.83. The van der Waals surface area contributed by atoms with Gasteiger partial charge in [-0.25, -0.2) is 4.79 Å². The second-order valence-electron chi connectivity index (χ2n) is 5.45. The summed E-state index contributed by atoms with van der Waals surface area (Å²) in [6.45, 7) is 6.00. The first-order valence-electron chi connectivity index (χ1n) is 7.78. The third-order valence-corrected chi connectivity index (χ3v) is 5.26. The van der Waals surface area contributed by atoms with E-state index in [1.807, 2.05) is 32.0 Å². The zero-order valence-corrected chi connectivity index (χ0v) is 15.9. The monoisotopic (exact) mass is 362 g/mol. The Morgan fingerprint density at radius 3 is 2.54 bits per heavy atom. The summed E-state index contributed by atoms with van der Waals surface area (Å²) in [7, 11) is 1.39. The van der Waals surface area contributed by atoms with E-state index in [0.29, 0.717) is 10.7 Å².